The van der Waals surface area contributed by atoms with Crippen LogP contribution >= 0.6 is 0 Å². The van der Waals surface area contributed by atoms with Crippen LogP contribution in [0.1, 0.15) is 32.1 Å². The Kier molecular flexibility index (Phi) is 7.12. The molecule has 0 unspecified atom stereocenters. The van der Waals surface area contributed by atoms with Crippen LogP contribution in [0.2, 0.25) is 0 Å². The molecule has 1 aliphatic heterocycles. The molecule has 5 heteroatoms. The molecule has 1 aliphatic rings. The van der Waals surface area contributed by atoms with Crippen molar-refractivity contribution in [3.8, 4) is 0 Å². The molecule has 0 atom stereocenters. The summed E-state index contributed by atoms with van der Waals surface area (Å²) in [7, 11) is 0. The van der Waals surface area contributed by atoms with E-state index >= 15 is 0 Å². The lowest BCUT2D eigenvalue weighted by molar-refractivity contribution is -0.119. The summed E-state index contributed by atoms with van der Waals surface area (Å²) in [5.74, 6) is -0.269. The molecule has 0 radical (unpaired) electrons. The minimum Gasteiger partial charge on any atom is -0.369 e. The summed E-state index contributed by atoms with van der Waals surface area (Å²) < 4.78 is 12.0. The van der Waals surface area contributed by atoms with Gasteiger partial charge in [0.2, 0.25) is 5.91 Å². The van der Waals surface area contributed by atoms with Gasteiger partial charge in [0.15, 0.2) is 0 Å². The number of alkyl halides is 1. The lowest BCUT2D eigenvalue weighted by Gasteiger charge is -2.33. The standard InChI is InChI=1S/C12H24FN3O/c13-6-2-1-3-9-16(10-12(14)17)11-4-7-15-8-5-11/h11,15H,1-10H2,(H2,14,17). The first kappa shape index (κ1) is 14.4. The van der Waals surface area contributed by atoms with Crippen molar-refractivity contribution >= 4 is 5.91 Å². The molecule has 1 heterocycles. The van der Waals surface area contributed by atoms with Crippen LogP contribution in [0.5, 0.6) is 0 Å². The molecule has 100 valence electrons. The Morgan fingerprint density at radius 2 is 2.00 bits per heavy atom. The Hall–Kier alpha value is -0.680. The highest BCUT2D eigenvalue weighted by atomic mass is 19.1. The number of halogens is 1. The fourth-order valence-electron chi connectivity index (χ4n) is 2.35. The Bertz CT molecular complexity index is 220. The Morgan fingerprint density at radius 3 is 2.59 bits per heavy atom. The van der Waals surface area contributed by atoms with Crippen LogP contribution in [0.15, 0.2) is 0 Å². The molecule has 0 spiro atoms. The molecule has 4 nitrogen and oxygen atoms in total. The second-order valence-corrected chi connectivity index (χ2v) is 4.67. The second kappa shape index (κ2) is 8.42. The molecule has 1 fully saturated rings. The Morgan fingerprint density at radius 1 is 1.29 bits per heavy atom. The first-order chi connectivity index (χ1) is 8.24. The molecular formula is C12H24FN3O. The lowest BCUT2D eigenvalue weighted by atomic mass is 10.0. The number of primary amides is 1. The van der Waals surface area contributed by atoms with Gasteiger partial charge in [-0.15, -0.1) is 0 Å². The van der Waals surface area contributed by atoms with Crippen LogP contribution in [0.4, 0.5) is 4.39 Å². The zero-order valence-corrected chi connectivity index (χ0v) is 10.5. The number of hydrogen-bond acceptors (Lipinski definition) is 3. The lowest BCUT2D eigenvalue weighted by Crippen LogP contribution is -2.46. The highest BCUT2D eigenvalue weighted by molar-refractivity contribution is 5.75. The zero-order chi connectivity index (χ0) is 12.5. The van der Waals surface area contributed by atoms with Gasteiger partial charge in [0.05, 0.1) is 13.2 Å². The van der Waals surface area contributed by atoms with E-state index < -0.39 is 0 Å². The van der Waals surface area contributed by atoms with Gasteiger partial charge >= 0.3 is 0 Å². The maximum absolute atomic E-state index is 12.0. The molecule has 1 saturated heterocycles. The third kappa shape index (κ3) is 5.98. The molecular weight excluding hydrogens is 221 g/mol. The van der Waals surface area contributed by atoms with Gasteiger partial charge in [0, 0.05) is 6.04 Å². The first-order valence-electron chi connectivity index (χ1n) is 6.53. The minimum atomic E-state index is -0.269. The van der Waals surface area contributed by atoms with Crippen molar-refractivity contribution in [1.82, 2.24) is 10.2 Å². The molecule has 0 aromatic heterocycles. The second-order valence-electron chi connectivity index (χ2n) is 4.67. The maximum Gasteiger partial charge on any atom is 0.231 e. The summed E-state index contributed by atoms with van der Waals surface area (Å²) in [6, 6.07) is 0.453. The fourth-order valence-corrected chi connectivity index (χ4v) is 2.35. The number of carbonyl (C=O) groups excluding carboxylic acids is 1. The van der Waals surface area contributed by atoms with Gasteiger partial charge < -0.3 is 11.1 Å². The van der Waals surface area contributed by atoms with E-state index in [-0.39, 0.29) is 12.6 Å². The monoisotopic (exact) mass is 245 g/mol. The number of nitrogens with one attached hydrogen (secondary N) is 1. The number of nitrogens with two attached hydrogens (primary N) is 1. The average Bonchev–Trinajstić information content (AvgIpc) is 2.34. The van der Waals surface area contributed by atoms with Crippen molar-refractivity contribution in [2.45, 2.75) is 38.1 Å². The van der Waals surface area contributed by atoms with Crippen LogP contribution < -0.4 is 11.1 Å². The topological polar surface area (TPSA) is 58.4 Å². The van der Waals surface area contributed by atoms with E-state index in [2.05, 4.69) is 10.2 Å². The SMILES string of the molecule is NC(=O)CN(CCCCCF)C1CCNCC1. The number of nitrogens with zero attached hydrogens (tertiary/aromatic N) is 1. The third-order valence-corrected chi connectivity index (χ3v) is 3.26. The number of carbonyl (C=O) groups is 1. The normalized spacial score (nSPS) is 17.5. The van der Waals surface area contributed by atoms with Crippen molar-refractivity contribution < 1.29 is 9.18 Å². The van der Waals surface area contributed by atoms with Crippen LogP contribution in [0.25, 0.3) is 0 Å². The van der Waals surface area contributed by atoms with Gasteiger partial charge in [-0.3, -0.25) is 14.1 Å². The number of amides is 1. The largest absolute Gasteiger partial charge is 0.369 e. The summed E-state index contributed by atoms with van der Waals surface area (Å²) in [6.45, 7) is 2.95. The van der Waals surface area contributed by atoms with Gasteiger partial charge in [-0.1, -0.05) is 0 Å². The van der Waals surface area contributed by atoms with Crippen molar-refractivity contribution in [1.29, 1.82) is 0 Å². The molecule has 3 N–H and O–H groups in total. The summed E-state index contributed by atoms with van der Waals surface area (Å²) >= 11 is 0. The molecule has 0 bridgehead atoms. The molecule has 0 aromatic rings. The van der Waals surface area contributed by atoms with Gasteiger partial charge in [-0.25, -0.2) is 0 Å². The first-order valence-corrected chi connectivity index (χ1v) is 6.53. The average molecular weight is 245 g/mol. The van der Waals surface area contributed by atoms with E-state index in [1.807, 2.05) is 0 Å². The predicted molar refractivity (Wildman–Crippen MR) is 66.5 cm³/mol. The van der Waals surface area contributed by atoms with Crippen LogP contribution in [-0.2, 0) is 4.79 Å². The highest BCUT2D eigenvalue weighted by Gasteiger charge is 2.21. The number of rotatable bonds is 8. The smallest absolute Gasteiger partial charge is 0.231 e. The van der Waals surface area contributed by atoms with Gasteiger partial charge in [0.25, 0.3) is 0 Å². The van der Waals surface area contributed by atoms with Crippen molar-refractivity contribution in [2.24, 2.45) is 5.73 Å². The third-order valence-electron chi connectivity index (χ3n) is 3.26. The number of piperidine rings is 1. The van der Waals surface area contributed by atoms with E-state index in [1.165, 1.54) is 0 Å². The molecule has 1 rings (SSSR count). The van der Waals surface area contributed by atoms with Gasteiger partial charge in [-0.2, -0.15) is 0 Å². The van der Waals surface area contributed by atoms with Crippen molar-refractivity contribution in [3.63, 3.8) is 0 Å². The highest BCUT2D eigenvalue weighted by Crippen LogP contribution is 2.12. The summed E-state index contributed by atoms with van der Waals surface area (Å²) in [5, 5.41) is 3.31. The Labute approximate surface area is 103 Å². The molecule has 0 aliphatic carbocycles. The fraction of sp³-hybridized carbons (Fsp3) is 0.917. The molecule has 0 saturated carbocycles. The number of hydrogen-bond donors (Lipinski definition) is 2. The Balaban J connectivity index is 2.33. The predicted octanol–water partition coefficient (Wildman–Crippen LogP) is 0.665. The van der Waals surface area contributed by atoms with Gasteiger partial charge in [0.1, 0.15) is 0 Å². The quantitative estimate of drug-likeness (QED) is 0.618. The zero-order valence-electron chi connectivity index (χ0n) is 10.5. The summed E-state index contributed by atoms with van der Waals surface area (Å²) in [4.78, 5) is 13.2. The maximum atomic E-state index is 12.0. The van der Waals surface area contributed by atoms with Crippen molar-refractivity contribution in [3.05, 3.63) is 0 Å². The van der Waals surface area contributed by atoms with E-state index in [1.54, 1.807) is 0 Å². The minimum absolute atomic E-state index is 0.247. The van der Waals surface area contributed by atoms with Crippen molar-refractivity contribution in [2.75, 3.05) is 32.9 Å². The molecule has 0 aromatic carbocycles. The molecule has 17 heavy (non-hydrogen) atoms. The molecule has 1 amide bonds. The van der Waals surface area contributed by atoms with E-state index in [0.29, 0.717) is 19.0 Å². The van der Waals surface area contributed by atoms with Crippen LogP contribution in [0, 0.1) is 0 Å². The van der Waals surface area contributed by atoms with E-state index in [9.17, 15) is 9.18 Å². The van der Waals surface area contributed by atoms with E-state index in [0.717, 1.165) is 45.3 Å². The van der Waals surface area contributed by atoms with Gasteiger partial charge in [-0.05, 0) is 51.7 Å². The number of unbranched alkanes of at least 4 members (excludes halogenated alkanes) is 2. The summed E-state index contributed by atoms with van der Waals surface area (Å²) in [5.41, 5.74) is 5.27. The van der Waals surface area contributed by atoms with Crippen LogP contribution in [0.3, 0.4) is 0 Å². The summed E-state index contributed by atoms with van der Waals surface area (Å²) in [6.07, 6.45) is 4.58. The van der Waals surface area contributed by atoms with Crippen LogP contribution in [-0.4, -0.2) is 49.7 Å². The van der Waals surface area contributed by atoms with E-state index in [4.69, 9.17) is 5.73 Å².